The van der Waals surface area contributed by atoms with E-state index in [9.17, 15) is 14.4 Å². The van der Waals surface area contributed by atoms with E-state index in [2.05, 4.69) is 10.3 Å². The van der Waals surface area contributed by atoms with Crippen LogP contribution in [0.1, 0.15) is 32.8 Å². The molecule has 0 bridgehead atoms. The maximum atomic E-state index is 13.0. The van der Waals surface area contributed by atoms with Gasteiger partial charge in [-0.25, -0.2) is 9.78 Å². The molecule has 1 aliphatic rings. The van der Waals surface area contributed by atoms with Crippen LogP contribution in [0.15, 0.2) is 53.9 Å². The molecule has 0 saturated heterocycles. The molecular weight excluding hydrogens is 474 g/mol. The number of benzene rings is 2. The third-order valence-electron chi connectivity index (χ3n) is 5.26. The lowest BCUT2D eigenvalue weighted by Gasteiger charge is -2.24. The monoisotopic (exact) mass is 497 g/mol. The quantitative estimate of drug-likeness (QED) is 0.326. The molecule has 1 aliphatic heterocycles. The number of methoxy groups -OCH3 is 1. The number of thioether (sulfide) groups is 1. The average Bonchev–Trinajstić information content (AvgIpc) is 3.41. The molecule has 34 heavy (non-hydrogen) atoms. The van der Waals surface area contributed by atoms with Gasteiger partial charge >= 0.3 is 5.97 Å². The normalized spacial score (nSPS) is 13.5. The van der Waals surface area contributed by atoms with Crippen LogP contribution in [-0.4, -0.2) is 52.8 Å². The van der Waals surface area contributed by atoms with Crippen molar-refractivity contribution in [1.82, 2.24) is 9.88 Å². The van der Waals surface area contributed by atoms with E-state index < -0.39 is 23.8 Å². The predicted molar refractivity (Wildman–Crippen MR) is 132 cm³/mol. The van der Waals surface area contributed by atoms with Gasteiger partial charge in [0, 0.05) is 11.1 Å². The molecule has 0 spiro atoms. The fourth-order valence-electron chi connectivity index (χ4n) is 3.54. The van der Waals surface area contributed by atoms with Gasteiger partial charge in [0.05, 0.1) is 23.9 Å². The fourth-order valence-corrected chi connectivity index (χ4v) is 4.72. The van der Waals surface area contributed by atoms with Crippen molar-refractivity contribution in [3.63, 3.8) is 0 Å². The van der Waals surface area contributed by atoms with Crippen LogP contribution in [0.25, 0.3) is 0 Å². The summed E-state index contributed by atoms with van der Waals surface area (Å²) in [5, 5.41) is 5.63. The van der Waals surface area contributed by atoms with Crippen LogP contribution in [-0.2, 0) is 16.1 Å². The molecule has 2 amide bonds. The lowest BCUT2D eigenvalue weighted by molar-refractivity contribution is -0.149. The number of carbonyl (C=O) groups is 3. The van der Waals surface area contributed by atoms with Crippen LogP contribution in [0.5, 0.6) is 5.75 Å². The van der Waals surface area contributed by atoms with Gasteiger partial charge in [0.25, 0.3) is 11.8 Å². The smallest absolute Gasteiger partial charge is 0.329 e. The number of anilines is 2. The van der Waals surface area contributed by atoms with Crippen molar-refractivity contribution >= 4 is 51.7 Å². The Morgan fingerprint density at radius 1 is 1.12 bits per heavy atom. The number of hydrogen-bond donors (Lipinski definition) is 1. The van der Waals surface area contributed by atoms with Crippen molar-refractivity contribution in [3.05, 3.63) is 70.7 Å². The number of aromatic nitrogens is 1. The number of carbonyl (C=O) groups excluding carboxylic acids is 3. The molecule has 1 unspecified atom stereocenters. The lowest BCUT2D eigenvalue weighted by atomic mass is 10.1. The van der Waals surface area contributed by atoms with Gasteiger partial charge in [-0.2, -0.15) is 11.8 Å². The number of imide groups is 1. The summed E-state index contributed by atoms with van der Waals surface area (Å²) < 4.78 is 10.6. The molecule has 1 aromatic heterocycles. The second-order valence-corrected chi connectivity index (χ2v) is 9.27. The zero-order valence-electron chi connectivity index (χ0n) is 18.6. The molecule has 8 nitrogen and oxygen atoms in total. The van der Waals surface area contributed by atoms with E-state index in [1.807, 2.05) is 30.5 Å². The van der Waals surface area contributed by atoms with E-state index in [0.717, 1.165) is 16.3 Å². The molecular formula is C24H23N3O5S2. The number of nitrogens with one attached hydrogen (secondary N) is 1. The minimum atomic E-state index is -0.990. The van der Waals surface area contributed by atoms with E-state index >= 15 is 0 Å². The number of fused-ring (bicyclic) bond motifs is 1. The van der Waals surface area contributed by atoms with Crippen molar-refractivity contribution in [2.75, 3.05) is 24.4 Å². The maximum Gasteiger partial charge on any atom is 0.329 e. The van der Waals surface area contributed by atoms with Gasteiger partial charge < -0.3 is 14.8 Å². The third-order valence-corrected chi connectivity index (χ3v) is 6.71. The number of hydrogen-bond acceptors (Lipinski definition) is 9. The van der Waals surface area contributed by atoms with Gasteiger partial charge in [0.1, 0.15) is 18.4 Å². The Morgan fingerprint density at radius 2 is 1.79 bits per heavy atom. The minimum Gasteiger partial charge on any atom is -0.497 e. The summed E-state index contributed by atoms with van der Waals surface area (Å²) in [6.45, 7) is -0.0570. The molecule has 176 valence electrons. The number of amides is 2. The SMILES string of the molecule is COc1ccc(Nc2nc(COC(=O)C(CCSC)N3C(=O)c4ccccc4C3=O)cs2)cc1. The Morgan fingerprint density at radius 3 is 2.41 bits per heavy atom. The summed E-state index contributed by atoms with van der Waals surface area (Å²) in [6, 6.07) is 13.0. The molecule has 0 fully saturated rings. The highest BCUT2D eigenvalue weighted by Crippen LogP contribution is 2.27. The molecule has 10 heteroatoms. The van der Waals surface area contributed by atoms with Gasteiger partial charge in [0.2, 0.25) is 0 Å². The van der Waals surface area contributed by atoms with Crippen LogP contribution in [0.4, 0.5) is 10.8 Å². The van der Waals surface area contributed by atoms with E-state index in [0.29, 0.717) is 34.1 Å². The fraction of sp³-hybridized carbons (Fsp3) is 0.250. The summed E-state index contributed by atoms with van der Waals surface area (Å²) in [6.07, 6.45) is 2.21. The first kappa shape index (κ1) is 23.8. The summed E-state index contributed by atoms with van der Waals surface area (Å²) in [4.78, 5) is 44.2. The second-order valence-electron chi connectivity index (χ2n) is 7.43. The maximum absolute atomic E-state index is 13.0. The Hall–Kier alpha value is -3.37. The van der Waals surface area contributed by atoms with Crippen LogP contribution in [0, 0.1) is 0 Å². The second kappa shape index (κ2) is 10.7. The van der Waals surface area contributed by atoms with Crippen molar-refractivity contribution in [2.45, 2.75) is 19.1 Å². The molecule has 0 radical (unpaired) electrons. The number of rotatable bonds is 10. The van der Waals surface area contributed by atoms with E-state index in [1.54, 1.807) is 36.8 Å². The summed E-state index contributed by atoms with van der Waals surface area (Å²) in [7, 11) is 1.61. The topological polar surface area (TPSA) is 97.8 Å². The number of nitrogens with zero attached hydrogens (tertiary/aromatic N) is 2. The molecule has 1 atom stereocenters. The Bertz CT molecular complexity index is 1160. The predicted octanol–water partition coefficient (Wildman–Crippen LogP) is 4.36. The Labute approximate surface area is 205 Å². The Balaban J connectivity index is 1.41. The summed E-state index contributed by atoms with van der Waals surface area (Å²) in [5.41, 5.74) is 2.04. The van der Waals surface area contributed by atoms with Crippen LogP contribution < -0.4 is 10.1 Å². The largest absolute Gasteiger partial charge is 0.497 e. The minimum absolute atomic E-state index is 0.0570. The van der Waals surface area contributed by atoms with Gasteiger partial charge in [-0.05, 0) is 54.8 Å². The van der Waals surface area contributed by atoms with E-state index in [1.165, 1.54) is 23.1 Å². The van der Waals surface area contributed by atoms with Gasteiger partial charge in [-0.15, -0.1) is 11.3 Å². The third kappa shape index (κ3) is 5.07. The summed E-state index contributed by atoms with van der Waals surface area (Å²) >= 11 is 2.91. The van der Waals surface area contributed by atoms with Gasteiger partial charge in [-0.3, -0.25) is 14.5 Å². The number of esters is 1. The standard InChI is InChI=1S/C24H23N3O5S2/c1-31-17-9-7-15(8-10-17)25-24-26-16(14-34-24)13-32-23(30)20(11-12-33-2)27-21(28)18-5-3-4-6-19(18)22(27)29/h3-10,14,20H,11-13H2,1-2H3,(H,25,26). The summed E-state index contributed by atoms with van der Waals surface area (Å²) in [5.74, 6) is -0.209. The molecule has 2 aromatic carbocycles. The van der Waals surface area contributed by atoms with Crippen LogP contribution >= 0.6 is 23.1 Å². The first-order valence-electron chi connectivity index (χ1n) is 10.5. The lowest BCUT2D eigenvalue weighted by Crippen LogP contribution is -2.46. The zero-order chi connectivity index (χ0) is 24.1. The highest BCUT2D eigenvalue weighted by molar-refractivity contribution is 7.98. The molecule has 3 aromatic rings. The first-order valence-corrected chi connectivity index (χ1v) is 12.8. The number of thiazole rings is 1. The van der Waals surface area contributed by atoms with Crippen LogP contribution in [0.3, 0.4) is 0 Å². The van der Waals surface area contributed by atoms with Gasteiger partial charge in [0.15, 0.2) is 5.13 Å². The molecule has 4 rings (SSSR count). The molecule has 0 saturated carbocycles. The van der Waals surface area contributed by atoms with Crippen molar-refractivity contribution in [1.29, 1.82) is 0 Å². The van der Waals surface area contributed by atoms with Crippen LogP contribution in [0.2, 0.25) is 0 Å². The van der Waals surface area contributed by atoms with Crippen molar-refractivity contribution in [2.24, 2.45) is 0 Å². The molecule has 0 aliphatic carbocycles. The zero-order valence-corrected chi connectivity index (χ0v) is 20.3. The highest BCUT2D eigenvalue weighted by atomic mass is 32.2. The molecule has 1 N–H and O–H groups in total. The van der Waals surface area contributed by atoms with E-state index in [-0.39, 0.29) is 6.61 Å². The van der Waals surface area contributed by atoms with E-state index in [4.69, 9.17) is 9.47 Å². The number of ether oxygens (including phenoxy) is 2. The molecule has 2 heterocycles. The average molecular weight is 498 g/mol. The Kier molecular flexibility index (Phi) is 7.49. The first-order chi connectivity index (χ1) is 16.5. The van der Waals surface area contributed by atoms with Crippen molar-refractivity contribution in [3.8, 4) is 5.75 Å². The highest BCUT2D eigenvalue weighted by Gasteiger charge is 2.43. The van der Waals surface area contributed by atoms with Gasteiger partial charge in [-0.1, -0.05) is 12.1 Å². The van der Waals surface area contributed by atoms with Crippen molar-refractivity contribution < 1.29 is 23.9 Å².